The lowest BCUT2D eigenvalue weighted by molar-refractivity contribution is 0.101. The second-order valence-corrected chi connectivity index (χ2v) is 6.80. The van der Waals surface area contributed by atoms with E-state index in [-0.39, 0.29) is 11.5 Å². The molecule has 0 spiro atoms. The van der Waals surface area contributed by atoms with Crippen LogP contribution in [-0.2, 0) is 0 Å². The number of Topliss-reactive ketones (excluding diaryl/α,β-unsaturated/α-hetero) is 1. The molecule has 1 aliphatic rings. The minimum Gasteiger partial charge on any atom is -0.506 e. The Balaban J connectivity index is 0.000000209. The van der Waals surface area contributed by atoms with Crippen molar-refractivity contribution >= 4 is 11.5 Å². The summed E-state index contributed by atoms with van der Waals surface area (Å²) in [4.78, 5) is 16.7. The fourth-order valence-corrected chi connectivity index (χ4v) is 3.03. The number of aryl methyl sites for hydroxylation is 1. The van der Waals surface area contributed by atoms with Crippen molar-refractivity contribution in [2.45, 2.75) is 40.2 Å². The molecule has 1 fully saturated rings. The maximum atomic E-state index is 10.6. The van der Waals surface area contributed by atoms with Gasteiger partial charge in [0.2, 0.25) is 0 Å². The minimum absolute atomic E-state index is 0.0210. The Morgan fingerprint density at radius 1 is 1.31 bits per heavy atom. The topological polar surface area (TPSA) is 77.2 Å². The fraction of sp³-hybridized carbons (Fsp3) is 0.381. The molecule has 0 saturated carbocycles. The number of pyridine rings is 1. The number of hydrogen-bond donors (Lipinski definition) is 1. The van der Waals surface area contributed by atoms with E-state index in [9.17, 15) is 4.79 Å². The van der Waals surface area contributed by atoms with E-state index in [1.807, 2.05) is 13.0 Å². The first-order valence-electron chi connectivity index (χ1n) is 8.75. The van der Waals surface area contributed by atoms with Crippen molar-refractivity contribution in [3.8, 4) is 11.8 Å². The van der Waals surface area contributed by atoms with Gasteiger partial charge in [-0.1, -0.05) is 6.92 Å². The molecular formula is C21H25N3O2. The van der Waals surface area contributed by atoms with E-state index in [4.69, 9.17) is 10.4 Å². The quantitative estimate of drug-likeness (QED) is 0.825. The highest BCUT2D eigenvalue weighted by molar-refractivity contribution is 5.93. The highest BCUT2D eigenvalue weighted by Gasteiger charge is 2.27. The molecule has 26 heavy (non-hydrogen) atoms. The summed E-state index contributed by atoms with van der Waals surface area (Å²) >= 11 is 0. The SMILES string of the molecule is CC(=O)c1cncc(O)c1.Cc1cc(N2CC[C@@H](C)[C@@H]2C)ccc1C#N. The molecule has 1 aliphatic heterocycles. The zero-order valence-electron chi connectivity index (χ0n) is 15.7. The van der Waals surface area contributed by atoms with Gasteiger partial charge in [0.25, 0.3) is 0 Å². The molecule has 2 aromatic rings. The molecule has 5 heteroatoms. The second-order valence-electron chi connectivity index (χ2n) is 6.80. The third-order valence-corrected chi connectivity index (χ3v) is 4.93. The Morgan fingerprint density at radius 3 is 2.50 bits per heavy atom. The van der Waals surface area contributed by atoms with Crippen LogP contribution in [0.25, 0.3) is 0 Å². The number of carbonyl (C=O) groups excluding carboxylic acids is 1. The summed E-state index contributed by atoms with van der Waals surface area (Å²) < 4.78 is 0. The maximum absolute atomic E-state index is 10.6. The van der Waals surface area contributed by atoms with E-state index >= 15 is 0 Å². The van der Waals surface area contributed by atoms with E-state index < -0.39 is 0 Å². The van der Waals surface area contributed by atoms with Gasteiger partial charge in [0, 0.05) is 30.0 Å². The first-order chi connectivity index (χ1) is 12.3. The summed E-state index contributed by atoms with van der Waals surface area (Å²) in [6.45, 7) is 9.16. The molecule has 1 N–H and O–H groups in total. The first kappa shape index (κ1) is 19.5. The number of anilines is 1. The van der Waals surface area contributed by atoms with Crippen LogP contribution in [0, 0.1) is 24.2 Å². The number of aromatic nitrogens is 1. The molecule has 0 amide bonds. The lowest BCUT2D eigenvalue weighted by atomic mass is 10.0. The number of hydrogen-bond acceptors (Lipinski definition) is 5. The molecule has 2 atom stereocenters. The van der Waals surface area contributed by atoms with Crippen LogP contribution in [0.1, 0.15) is 48.7 Å². The molecule has 136 valence electrons. The van der Waals surface area contributed by atoms with Gasteiger partial charge in [-0.2, -0.15) is 5.26 Å². The van der Waals surface area contributed by atoms with Crippen LogP contribution in [0.3, 0.4) is 0 Å². The van der Waals surface area contributed by atoms with Gasteiger partial charge in [0.15, 0.2) is 5.78 Å². The van der Waals surface area contributed by atoms with Gasteiger partial charge < -0.3 is 10.0 Å². The van der Waals surface area contributed by atoms with Crippen LogP contribution in [0.5, 0.6) is 5.75 Å². The van der Waals surface area contributed by atoms with Crippen LogP contribution in [0.4, 0.5) is 5.69 Å². The van der Waals surface area contributed by atoms with E-state index in [1.54, 1.807) is 0 Å². The summed E-state index contributed by atoms with van der Waals surface area (Å²) in [6, 6.07) is 10.3. The molecule has 5 nitrogen and oxygen atoms in total. The van der Waals surface area contributed by atoms with E-state index in [2.05, 4.69) is 41.9 Å². The predicted molar refractivity (Wildman–Crippen MR) is 102 cm³/mol. The Kier molecular flexibility index (Phi) is 6.35. The molecular weight excluding hydrogens is 326 g/mol. The number of benzene rings is 1. The average molecular weight is 351 g/mol. The van der Waals surface area contributed by atoms with Gasteiger partial charge in [-0.25, -0.2) is 0 Å². The first-order valence-corrected chi connectivity index (χ1v) is 8.75. The smallest absolute Gasteiger partial charge is 0.161 e. The summed E-state index contributed by atoms with van der Waals surface area (Å²) in [5.74, 6) is 0.687. The third-order valence-electron chi connectivity index (χ3n) is 4.93. The number of nitrogens with zero attached hydrogens (tertiary/aromatic N) is 3. The van der Waals surface area contributed by atoms with Crippen molar-refractivity contribution in [1.82, 2.24) is 4.98 Å². The Morgan fingerprint density at radius 2 is 2.04 bits per heavy atom. The van der Waals surface area contributed by atoms with Crippen molar-refractivity contribution in [1.29, 1.82) is 5.26 Å². The van der Waals surface area contributed by atoms with Crippen LogP contribution in [0.2, 0.25) is 0 Å². The summed E-state index contributed by atoms with van der Waals surface area (Å²) in [6.07, 6.45) is 3.97. The van der Waals surface area contributed by atoms with Gasteiger partial charge in [0.1, 0.15) is 5.75 Å². The van der Waals surface area contributed by atoms with E-state index in [0.717, 1.165) is 23.6 Å². The molecule has 1 saturated heterocycles. The number of nitriles is 1. The van der Waals surface area contributed by atoms with Gasteiger partial charge in [-0.3, -0.25) is 9.78 Å². The lowest BCUT2D eigenvalue weighted by Gasteiger charge is -2.26. The van der Waals surface area contributed by atoms with Crippen molar-refractivity contribution in [3.63, 3.8) is 0 Å². The van der Waals surface area contributed by atoms with Gasteiger partial charge in [0.05, 0.1) is 17.8 Å². The van der Waals surface area contributed by atoms with Crippen LogP contribution in [-0.4, -0.2) is 28.5 Å². The summed E-state index contributed by atoms with van der Waals surface area (Å²) in [5.41, 5.74) is 3.55. The number of ketones is 1. The van der Waals surface area contributed by atoms with Crippen molar-refractivity contribution in [2.75, 3.05) is 11.4 Å². The monoisotopic (exact) mass is 351 g/mol. The molecule has 0 unspecified atom stereocenters. The highest BCUT2D eigenvalue weighted by Crippen LogP contribution is 2.30. The molecule has 0 radical (unpaired) electrons. The van der Waals surface area contributed by atoms with Gasteiger partial charge in [-0.05, 0) is 62.9 Å². The Hall–Kier alpha value is -2.87. The van der Waals surface area contributed by atoms with E-state index in [1.165, 1.54) is 37.5 Å². The van der Waals surface area contributed by atoms with Crippen LogP contribution < -0.4 is 4.90 Å². The minimum atomic E-state index is -0.0941. The highest BCUT2D eigenvalue weighted by atomic mass is 16.3. The lowest BCUT2D eigenvalue weighted by Crippen LogP contribution is -2.29. The second kappa shape index (κ2) is 8.48. The Labute approximate surface area is 154 Å². The standard InChI is InChI=1S/C14H18N2.C7H7NO2/c1-10-6-7-16(12(10)3)14-5-4-13(9-15)11(2)8-14;1-5(9)6-2-7(10)4-8-3-6/h4-5,8,10,12H,6-7H2,1-3H3;2-4,10H,1H3/t10-,12+;/m1./s1. The third kappa shape index (κ3) is 4.60. The molecule has 0 aliphatic carbocycles. The number of aromatic hydroxyl groups is 1. The summed E-state index contributed by atoms with van der Waals surface area (Å²) in [7, 11) is 0. The van der Waals surface area contributed by atoms with Crippen LogP contribution >= 0.6 is 0 Å². The summed E-state index contributed by atoms with van der Waals surface area (Å²) in [5, 5.41) is 17.8. The molecule has 3 rings (SSSR count). The van der Waals surface area contributed by atoms with Gasteiger partial charge in [-0.15, -0.1) is 0 Å². The molecule has 2 heterocycles. The molecule has 1 aromatic heterocycles. The predicted octanol–water partition coefficient (Wildman–Crippen LogP) is 4.09. The van der Waals surface area contributed by atoms with Crippen molar-refractivity contribution in [2.24, 2.45) is 5.92 Å². The average Bonchev–Trinajstić information content (AvgIpc) is 2.94. The maximum Gasteiger partial charge on any atom is 0.161 e. The number of rotatable bonds is 2. The van der Waals surface area contributed by atoms with Gasteiger partial charge >= 0.3 is 0 Å². The normalized spacial score (nSPS) is 18.7. The molecule has 0 bridgehead atoms. The zero-order chi connectivity index (χ0) is 19.3. The number of carbonyl (C=O) groups is 1. The van der Waals surface area contributed by atoms with Crippen molar-refractivity contribution in [3.05, 3.63) is 53.3 Å². The van der Waals surface area contributed by atoms with Crippen molar-refractivity contribution < 1.29 is 9.90 Å². The largest absolute Gasteiger partial charge is 0.506 e. The fourth-order valence-electron chi connectivity index (χ4n) is 3.03. The van der Waals surface area contributed by atoms with Crippen LogP contribution in [0.15, 0.2) is 36.7 Å². The van der Waals surface area contributed by atoms with E-state index in [0.29, 0.717) is 11.6 Å². The zero-order valence-corrected chi connectivity index (χ0v) is 15.7. The Bertz CT molecular complexity index is 826. The molecule has 1 aromatic carbocycles.